The summed E-state index contributed by atoms with van der Waals surface area (Å²) in [7, 11) is 11.5. The second-order valence-electron chi connectivity index (χ2n) is 18.9. The number of nitrogen functional groups attached to an aromatic ring is 1. The molecule has 0 unspecified atom stereocenters. The van der Waals surface area contributed by atoms with Crippen molar-refractivity contribution < 1.29 is 36.7 Å². The minimum Gasteiger partial charge on any atom is -0.480 e. The van der Waals surface area contributed by atoms with Gasteiger partial charge in [0, 0.05) is 57.5 Å². The first-order valence-corrected chi connectivity index (χ1v) is 26.6. The van der Waals surface area contributed by atoms with Crippen LogP contribution in [0.4, 0.5) is 33.7 Å². The summed E-state index contributed by atoms with van der Waals surface area (Å²) in [5.74, 6) is -3.06. The number of anilines is 2. The lowest BCUT2D eigenvalue weighted by Crippen LogP contribution is -2.39. The Labute approximate surface area is 476 Å². The van der Waals surface area contributed by atoms with E-state index in [1.54, 1.807) is 36.4 Å². The SMILES string of the molecule is CONC(=O)Nc1ccc(-c2sc3c(c2CN(C)C)c(=O)n(-c2ccc(OC)nn2)c(=O)n3Cc2c(F)cccc2F)cc1.COc1ccc(-n2c(=O)c3c(CN(C)C)c(-c4ccc(N)cc4)sc3n(Cc3c(F)cccc3F)c2=O)nn1. The fourth-order valence-corrected chi connectivity index (χ4v) is 11.6. The predicted molar refractivity (Wildman–Crippen MR) is 308 cm³/mol. The topological polar surface area (TPSA) is 241 Å². The van der Waals surface area contributed by atoms with Gasteiger partial charge in [0.1, 0.15) is 32.9 Å². The van der Waals surface area contributed by atoms with E-state index in [-0.39, 0.29) is 55.0 Å². The number of fused-ring (bicyclic) bond motifs is 2. The molecule has 0 atom stereocenters. The number of hydroxylamine groups is 1. The average molecular weight is 1170 g/mol. The summed E-state index contributed by atoms with van der Waals surface area (Å²) in [6, 6.07) is 26.1. The van der Waals surface area contributed by atoms with Crippen LogP contribution < -0.4 is 48.5 Å². The number of urea groups is 1. The highest BCUT2D eigenvalue weighted by molar-refractivity contribution is 7.22. The van der Waals surface area contributed by atoms with Gasteiger partial charge in [0.25, 0.3) is 11.1 Å². The average Bonchev–Trinajstić information content (AvgIpc) is 2.56. The number of hydrogen-bond acceptors (Lipinski definition) is 17. The molecule has 0 saturated carbocycles. The number of amides is 2. The van der Waals surface area contributed by atoms with E-state index in [4.69, 9.17) is 15.2 Å². The third-order valence-electron chi connectivity index (χ3n) is 12.8. The maximum atomic E-state index is 14.8. The molecule has 10 rings (SSSR count). The number of nitrogens with two attached hydrogens (primary N) is 1. The molecule has 21 nitrogen and oxygen atoms in total. The van der Waals surface area contributed by atoms with Gasteiger partial charge in [0.05, 0.1) is 45.2 Å². The summed E-state index contributed by atoms with van der Waals surface area (Å²) in [6.07, 6.45) is 0. The molecule has 27 heteroatoms. The lowest BCUT2D eigenvalue weighted by Gasteiger charge is -2.14. The predicted octanol–water partition coefficient (Wildman–Crippen LogP) is 7.40. The molecule has 2 amide bonds. The summed E-state index contributed by atoms with van der Waals surface area (Å²) in [4.78, 5) is 78.2. The Morgan fingerprint density at radius 2 is 0.952 bits per heavy atom. The summed E-state index contributed by atoms with van der Waals surface area (Å²) in [5.41, 5.74) is 8.25. The van der Waals surface area contributed by atoms with Gasteiger partial charge in [-0.3, -0.25) is 23.6 Å². The summed E-state index contributed by atoms with van der Waals surface area (Å²) in [5, 5.41) is 18.8. The van der Waals surface area contributed by atoms with Crippen molar-refractivity contribution >= 4 is 60.5 Å². The number of thiophene rings is 2. The minimum absolute atomic E-state index is 0.0495. The molecule has 0 radical (unpaired) electrons. The highest BCUT2D eigenvalue weighted by Gasteiger charge is 2.28. The van der Waals surface area contributed by atoms with Gasteiger partial charge in [-0.2, -0.15) is 0 Å². The quantitative estimate of drug-likeness (QED) is 0.0485. The van der Waals surface area contributed by atoms with Crippen molar-refractivity contribution in [3.8, 4) is 44.3 Å². The molecule has 83 heavy (non-hydrogen) atoms. The van der Waals surface area contributed by atoms with Crippen LogP contribution in [0.25, 0.3) is 53.0 Å². The van der Waals surface area contributed by atoms with Gasteiger partial charge in [-0.15, -0.1) is 43.1 Å². The third-order valence-corrected chi connectivity index (χ3v) is 15.4. The molecular formula is C56H51F4N13O8S2. The second kappa shape index (κ2) is 24.8. The zero-order valence-corrected chi connectivity index (χ0v) is 47.0. The molecule has 0 aliphatic carbocycles. The van der Waals surface area contributed by atoms with E-state index >= 15 is 0 Å². The van der Waals surface area contributed by atoms with Crippen LogP contribution in [0.1, 0.15) is 22.3 Å². The van der Waals surface area contributed by atoms with Crippen molar-refractivity contribution in [3.05, 3.63) is 196 Å². The number of benzene rings is 4. The van der Waals surface area contributed by atoms with Gasteiger partial charge in [-0.05, 0) is 111 Å². The first-order chi connectivity index (χ1) is 39.8. The molecule has 10 aromatic rings. The minimum atomic E-state index is -0.850. The normalized spacial score (nSPS) is 11.3. The third kappa shape index (κ3) is 12.0. The number of halogens is 4. The highest BCUT2D eigenvalue weighted by Crippen LogP contribution is 2.40. The molecule has 4 aromatic carbocycles. The van der Waals surface area contributed by atoms with Crippen LogP contribution in [0.3, 0.4) is 0 Å². The van der Waals surface area contributed by atoms with E-state index < -0.39 is 64.9 Å². The maximum absolute atomic E-state index is 14.8. The van der Waals surface area contributed by atoms with E-state index in [9.17, 15) is 41.5 Å². The summed E-state index contributed by atoms with van der Waals surface area (Å²) in [6.45, 7) is -0.284. The van der Waals surface area contributed by atoms with Crippen LogP contribution in [0, 0.1) is 23.3 Å². The molecule has 0 spiro atoms. The molecule has 428 valence electrons. The smallest absolute Gasteiger partial charge is 0.343 e. The number of carbonyl (C=O) groups is 1. The summed E-state index contributed by atoms with van der Waals surface area (Å²) < 4.78 is 73.4. The second-order valence-corrected chi connectivity index (χ2v) is 20.9. The van der Waals surface area contributed by atoms with Crippen LogP contribution in [-0.2, 0) is 31.0 Å². The largest absolute Gasteiger partial charge is 0.480 e. The Morgan fingerprint density at radius 3 is 1.30 bits per heavy atom. The molecule has 4 N–H and O–H groups in total. The number of nitrogens with one attached hydrogen (secondary N) is 2. The molecule has 0 fully saturated rings. The van der Waals surface area contributed by atoms with Gasteiger partial charge in [0.2, 0.25) is 11.8 Å². The van der Waals surface area contributed by atoms with E-state index in [1.807, 2.05) is 50.1 Å². The number of ether oxygens (including phenoxy) is 2. The maximum Gasteiger partial charge on any atom is 0.343 e. The Balaban J connectivity index is 0.000000201. The van der Waals surface area contributed by atoms with E-state index in [2.05, 4.69) is 36.0 Å². The van der Waals surface area contributed by atoms with Crippen LogP contribution in [0.15, 0.2) is 128 Å². The first kappa shape index (κ1) is 58.3. The van der Waals surface area contributed by atoms with Gasteiger partial charge < -0.3 is 30.3 Å². The van der Waals surface area contributed by atoms with Crippen molar-refractivity contribution in [2.45, 2.75) is 26.2 Å². The van der Waals surface area contributed by atoms with Crippen molar-refractivity contribution in [1.29, 1.82) is 0 Å². The standard InChI is InChI=1S/C29H27F2N7O5S.C27H24F2N6O3S/c1-36(2)14-19-24-26(39)38(22-12-13-23(42-3)34-33-22)29(41)37(15-18-20(30)6-5-7-21(18)31)27(24)44-25(19)16-8-10-17(11-9-16)32-28(40)35-43-4;1-33(2)13-18-23-25(36)35(21-11-12-22(38-3)32-31-21)27(37)34(14-17-19(28)5-4-6-20(17)29)26(23)39-24(18)15-7-9-16(30)10-8-15/h5-13H,14-15H2,1-4H3,(H2,32,35,40);4-12H,13-14,30H2,1-3H3. The number of hydrogen-bond donors (Lipinski definition) is 3. The number of methoxy groups -OCH3 is 2. The van der Waals surface area contributed by atoms with Gasteiger partial charge in [-0.1, -0.05) is 36.4 Å². The first-order valence-electron chi connectivity index (χ1n) is 24.9. The van der Waals surface area contributed by atoms with Gasteiger partial charge >= 0.3 is 17.4 Å². The molecule has 6 aromatic heterocycles. The van der Waals surface area contributed by atoms with Crippen LogP contribution in [0.5, 0.6) is 11.8 Å². The molecule has 6 heterocycles. The number of carbonyl (C=O) groups excluding carboxylic acids is 1. The molecule has 0 aliphatic rings. The van der Waals surface area contributed by atoms with Crippen molar-refractivity contribution in [3.63, 3.8) is 0 Å². The molecular weight excluding hydrogens is 1120 g/mol. The van der Waals surface area contributed by atoms with Gasteiger partial charge in [0.15, 0.2) is 11.6 Å². The lowest BCUT2D eigenvalue weighted by molar-refractivity contribution is 0.114. The Morgan fingerprint density at radius 1 is 0.554 bits per heavy atom. The van der Waals surface area contributed by atoms with E-state index in [1.165, 1.54) is 78.2 Å². The van der Waals surface area contributed by atoms with E-state index in [0.29, 0.717) is 46.0 Å². The zero-order valence-electron chi connectivity index (χ0n) is 45.4. The highest BCUT2D eigenvalue weighted by atomic mass is 32.1. The number of rotatable bonds is 16. The van der Waals surface area contributed by atoms with Crippen LogP contribution in [-0.4, -0.2) is 104 Å². The Hall–Kier alpha value is -9.41. The Bertz CT molecular complexity index is 4260. The molecule has 0 aliphatic heterocycles. The van der Waals surface area contributed by atoms with Crippen molar-refractivity contribution in [2.24, 2.45) is 0 Å². The summed E-state index contributed by atoms with van der Waals surface area (Å²) >= 11 is 2.35. The fraction of sp³-hybridized carbons (Fsp3) is 0.196. The monoisotopic (exact) mass is 1170 g/mol. The number of nitrogens with zero attached hydrogens (tertiary/aromatic N) is 10. The molecule has 0 bridgehead atoms. The van der Waals surface area contributed by atoms with Crippen molar-refractivity contribution in [1.82, 2.24) is 53.9 Å². The van der Waals surface area contributed by atoms with Crippen LogP contribution >= 0.6 is 22.7 Å². The lowest BCUT2D eigenvalue weighted by atomic mass is 10.1. The molecule has 0 saturated heterocycles. The van der Waals surface area contributed by atoms with Crippen molar-refractivity contribution in [2.75, 3.05) is 60.6 Å². The van der Waals surface area contributed by atoms with Crippen LogP contribution in [0.2, 0.25) is 0 Å². The zero-order chi connectivity index (χ0) is 59.4. The fourth-order valence-electron chi connectivity index (χ4n) is 8.97. The van der Waals surface area contributed by atoms with E-state index in [0.717, 1.165) is 55.2 Å². The Kier molecular flexibility index (Phi) is 17.4. The number of aromatic nitrogens is 8. The van der Waals surface area contributed by atoms with Gasteiger partial charge in [-0.25, -0.2) is 46.6 Å².